The van der Waals surface area contributed by atoms with Crippen LogP contribution in [0.4, 0.5) is 0 Å². The lowest BCUT2D eigenvalue weighted by molar-refractivity contribution is 0.335. The predicted molar refractivity (Wildman–Crippen MR) is 65.8 cm³/mol. The van der Waals surface area contributed by atoms with Gasteiger partial charge in [0.1, 0.15) is 5.75 Å². The van der Waals surface area contributed by atoms with Crippen molar-refractivity contribution in [2.45, 2.75) is 47.0 Å². The van der Waals surface area contributed by atoms with Crippen molar-refractivity contribution in [1.82, 2.24) is 0 Å². The fraction of sp³-hybridized carbons (Fsp3) is 0.571. The second kappa shape index (κ2) is 4.26. The Kier molecular flexibility index (Phi) is 3.43. The lowest BCUT2D eigenvalue weighted by Gasteiger charge is -2.22. The molecule has 84 valence electrons. The summed E-state index contributed by atoms with van der Waals surface area (Å²) < 4.78 is 5.64. The van der Waals surface area contributed by atoms with E-state index in [2.05, 4.69) is 46.8 Å². The molecule has 1 nitrogen and oxygen atoms in total. The molecule has 0 spiro atoms. The van der Waals surface area contributed by atoms with E-state index in [9.17, 15) is 0 Å². The van der Waals surface area contributed by atoms with E-state index in [4.69, 9.17) is 4.74 Å². The van der Waals surface area contributed by atoms with Crippen LogP contribution in [0.25, 0.3) is 0 Å². The van der Waals surface area contributed by atoms with Crippen molar-refractivity contribution in [1.29, 1.82) is 0 Å². The lowest BCUT2D eigenvalue weighted by Crippen LogP contribution is -2.12. The largest absolute Gasteiger partial charge is 0.493 e. The highest BCUT2D eigenvalue weighted by Crippen LogP contribution is 2.30. The van der Waals surface area contributed by atoms with Crippen molar-refractivity contribution in [3.05, 3.63) is 28.8 Å². The summed E-state index contributed by atoms with van der Waals surface area (Å²) in [5.74, 6) is 1.05. The fourth-order valence-electron chi connectivity index (χ4n) is 1.76. The van der Waals surface area contributed by atoms with Gasteiger partial charge in [-0.05, 0) is 42.9 Å². The Morgan fingerprint density at radius 1 is 1.07 bits per heavy atom. The zero-order valence-corrected chi connectivity index (χ0v) is 10.8. The van der Waals surface area contributed by atoms with Gasteiger partial charge in [-0.1, -0.05) is 32.9 Å². The van der Waals surface area contributed by atoms with Crippen LogP contribution in [0.5, 0.6) is 5.75 Å². The Morgan fingerprint density at radius 3 is 1.87 bits per heavy atom. The van der Waals surface area contributed by atoms with E-state index in [0.29, 0.717) is 0 Å². The first kappa shape index (κ1) is 12.1. The van der Waals surface area contributed by atoms with Crippen LogP contribution >= 0.6 is 0 Å². The van der Waals surface area contributed by atoms with E-state index in [0.717, 1.165) is 12.4 Å². The number of hydrogen-bond donors (Lipinski definition) is 0. The molecule has 1 aromatic rings. The first-order valence-corrected chi connectivity index (χ1v) is 5.60. The third-order valence-corrected chi connectivity index (χ3v) is 2.62. The monoisotopic (exact) mass is 206 g/mol. The third-order valence-electron chi connectivity index (χ3n) is 2.62. The highest BCUT2D eigenvalue weighted by molar-refractivity contribution is 5.45. The second-order valence-electron chi connectivity index (χ2n) is 5.12. The summed E-state index contributed by atoms with van der Waals surface area (Å²) in [6, 6.07) is 4.47. The molecule has 0 unspecified atom stereocenters. The fourth-order valence-corrected chi connectivity index (χ4v) is 1.76. The molecule has 1 aromatic carbocycles. The zero-order valence-electron chi connectivity index (χ0n) is 10.8. The van der Waals surface area contributed by atoms with Crippen LogP contribution in [0.1, 0.15) is 44.4 Å². The highest BCUT2D eigenvalue weighted by atomic mass is 16.5. The van der Waals surface area contributed by atoms with Gasteiger partial charge in [0.2, 0.25) is 0 Å². The van der Waals surface area contributed by atoms with Crippen molar-refractivity contribution in [3.63, 3.8) is 0 Å². The van der Waals surface area contributed by atoms with Crippen molar-refractivity contribution >= 4 is 0 Å². The lowest BCUT2D eigenvalue weighted by atomic mass is 9.85. The molecule has 15 heavy (non-hydrogen) atoms. The first-order chi connectivity index (χ1) is 6.86. The molecule has 0 aromatic heterocycles. The Labute approximate surface area is 93.5 Å². The summed E-state index contributed by atoms with van der Waals surface area (Å²) in [6.07, 6.45) is 0. The van der Waals surface area contributed by atoms with Gasteiger partial charge in [0.25, 0.3) is 0 Å². The molecule has 0 radical (unpaired) electrons. The molecule has 0 atom stereocenters. The minimum Gasteiger partial charge on any atom is -0.493 e. The van der Waals surface area contributed by atoms with Crippen LogP contribution < -0.4 is 4.74 Å². The van der Waals surface area contributed by atoms with Crippen LogP contribution in [-0.4, -0.2) is 6.61 Å². The summed E-state index contributed by atoms with van der Waals surface area (Å²) in [7, 11) is 0. The first-order valence-electron chi connectivity index (χ1n) is 5.60. The van der Waals surface area contributed by atoms with Gasteiger partial charge in [-0.15, -0.1) is 0 Å². The summed E-state index contributed by atoms with van der Waals surface area (Å²) in [4.78, 5) is 0. The van der Waals surface area contributed by atoms with Crippen LogP contribution in [0, 0.1) is 13.8 Å². The third kappa shape index (κ3) is 2.74. The Bertz CT molecular complexity index is 322. The standard InChI is InChI=1S/C14H22O/c1-7-15-13-10(2)8-12(9-11(13)3)14(4,5)6/h8-9H,7H2,1-6H3. The van der Waals surface area contributed by atoms with E-state index < -0.39 is 0 Å². The van der Waals surface area contributed by atoms with Crippen molar-refractivity contribution < 1.29 is 4.74 Å². The van der Waals surface area contributed by atoms with E-state index in [1.165, 1.54) is 16.7 Å². The van der Waals surface area contributed by atoms with E-state index in [1.54, 1.807) is 0 Å². The number of rotatable bonds is 2. The maximum absolute atomic E-state index is 5.64. The highest BCUT2D eigenvalue weighted by Gasteiger charge is 2.16. The normalized spacial score (nSPS) is 11.6. The van der Waals surface area contributed by atoms with Gasteiger partial charge in [0.05, 0.1) is 6.61 Å². The quantitative estimate of drug-likeness (QED) is 0.710. The Morgan fingerprint density at radius 2 is 1.53 bits per heavy atom. The van der Waals surface area contributed by atoms with Gasteiger partial charge < -0.3 is 4.74 Å². The molecule has 0 fully saturated rings. The number of hydrogen-bond acceptors (Lipinski definition) is 1. The van der Waals surface area contributed by atoms with Crippen LogP contribution in [0.15, 0.2) is 12.1 Å². The van der Waals surface area contributed by atoms with Gasteiger partial charge in [-0.3, -0.25) is 0 Å². The molecule has 0 bridgehead atoms. The Balaban J connectivity index is 3.19. The van der Waals surface area contributed by atoms with Gasteiger partial charge in [-0.2, -0.15) is 0 Å². The maximum Gasteiger partial charge on any atom is 0.125 e. The smallest absolute Gasteiger partial charge is 0.125 e. The molecule has 0 aliphatic heterocycles. The van der Waals surface area contributed by atoms with Gasteiger partial charge in [0.15, 0.2) is 0 Å². The average molecular weight is 206 g/mol. The zero-order chi connectivity index (χ0) is 11.6. The van der Waals surface area contributed by atoms with Crippen LogP contribution in [0.2, 0.25) is 0 Å². The average Bonchev–Trinajstić information content (AvgIpc) is 2.09. The van der Waals surface area contributed by atoms with Gasteiger partial charge >= 0.3 is 0 Å². The molecular weight excluding hydrogens is 184 g/mol. The molecule has 1 rings (SSSR count). The predicted octanol–water partition coefficient (Wildman–Crippen LogP) is 4.00. The molecule has 0 saturated heterocycles. The summed E-state index contributed by atoms with van der Waals surface area (Å²) >= 11 is 0. The molecule has 0 amide bonds. The second-order valence-corrected chi connectivity index (χ2v) is 5.12. The van der Waals surface area contributed by atoms with Crippen LogP contribution in [-0.2, 0) is 5.41 Å². The van der Waals surface area contributed by atoms with Crippen molar-refractivity contribution in [2.75, 3.05) is 6.61 Å². The number of aryl methyl sites for hydroxylation is 2. The van der Waals surface area contributed by atoms with Gasteiger partial charge in [0, 0.05) is 0 Å². The van der Waals surface area contributed by atoms with E-state index >= 15 is 0 Å². The van der Waals surface area contributed by atoms with Crippen molar-refractivity contribution in [3.8, 4) is 5.75 Å². The molecular formula is C14H22O. The SMILES string of the molecule is CCOc1c(C)cc(C(C)(C)C)cc1C. The van der Waals surface area contributed by atoms with E-state index in [-0.39, 0.29) is 5.41 Å². The molecule has 0 aliphatic carbocycles. The minimum atomic E-state index is 0.209. The van der Waals surface area contributed by atoms with Crippen LogP contribution in [0.3, 0.4) is 0 Å². The van der Waals surface area contributed by atoms with E-state index in [1.807, 2.05) is 6.92 Å². The molecule has 0 aliphatic rings. The topological polar surface area (TPSA) is 9.23 Å². The minimum absolute atomic E-state index is 0.209. The molecule has 1 heteroatoms. The summed E-state index contributed by atoms with van der Waals surface area (Å²) in [6.45, 7) is 13.7. The summed E-state index contributed by atoms with van der Waals surface area (Å²) in [5, 5.41) is 0. The molecule has 0 saturated carbocycles. The van der Waals surface area contributed by atoms with Crippen molar-refractivity contribution in [2.24, 2.45) is 0 Å². The number of benzene rings is 1. The molecule has 0 N–H and O–H groups in total. The number of ether oxygens (including phenoxy) is 1. The van der Waals surface area contributed by atoms with Gasteiger partial charge in [-0.25, -0.2) is 0 Å². The summed E-state index contributed by atoms with van der Waals surface area (Å²) in [5.41, 5.74) is 4.06. The molecule has 0 heterocycles. The maximum atomic E-state index is 5.64. The Hall–Kier alpha value is -0.980.